The van der Waals surface area contributed by atoms with E-state index >= 15 is 0 Å². The van der Waals surface area contributed by atoms with Gasteiger partial charge in [0.25, 0.3) is 5.91 Å². The Balaban J connectivity index is 1.45. The summed E-state index contributed by atoms with van der Waals surface area (Å²) < 4.78 is 6.52. The largest absolute Gasteiger partial charge is 0.494 e. The van der Waals surface area contributed by atoms with E-state index in [1.807, 2.05) is 48.2 Å². The SMILES string of the molecule is CCOc1ccc2nc(C(=O)N3CCN(c4ccccc4)CC3)sc2c1. The Kier molecular flexibility index (Phi) is 4.75. The number of nitrogens with zero attached hydrogens (tertiary/aromatic N) is 3. The number of anilines is 1. The highest BCUT2D eigenvalue weighted by Gasteiger charge is 2.24. The molecule has 2 heterocycles. The molecule has 0 unspecified atom stereocenters. The highest BCUT2D eigenvalue weighted by Crippen LogP contribution is 2.27. The Bertz CT molecular complexity index is 902. The Hall–Kier alpha value is -2.60. The fourth-order valence-corrected chi connectivity index (χ4v) is 4.16. The van der Waals surface area contributed by atoms with Crippen LogP contribution in [0.3, 0.4) is 0 Å². The molecule has 1 aliphatic rings. The van der Waals surface area contributed by atoms with Crippen LogP contribution in [0.25, 0.3) is 10.2 Å². The number of amides is 1. The molecule has 1 saturated heterocycles. The van der Waals surface area contributed by atoms with Crippen LogP contribution in [0.15, 0.2) is 48.5 Å². The van der Waals surface area contributed by atoms with Gasteiger partial charge in [-0.3, -0.25) is 4.79 Å². The van der Waals surface area contributed by atoms with Crippen molar-refractivity contribution in [3.63, 3.8) is 0 Å². The summed E-state index contributed by atoms with van der Waals surface area (Å²) in [6.45, 7) is 5.70. The van der Waals surface area contributed by atoms with Gasteiger partial charge in [0.05, 0.1) is 16.8 Å². The topological polar surface area (TPSA) is 45.7 Å². The van der Waals surface area contributed by atoms with Gasteiger partial charge in [-0.05, 0) is 37.3 Å². The monoisotopic (exact) mass is 367 g/mol. The molecular weight excluding hydrogens is 346 g/mol. The molecule has 5 nitrogen and oxygen atoms in total. The van der Waals surface area contributed by atoms with Crippen LogP contribution in [0.1, 0.15) is 16.7 Å². The minimum atomic E-state index is 0.0249. The van der Waals surface area contributed by atoms with Crippen LogP contribution in [0.2, 0.25) is 0 Å². The Morgan fingerprint density at radius 3 is 2.62 bits per heavy atom. The summed E-state index contributed by atoms with van der Waals surface area (Å²) in [5, 5.41) is 0.557. The summed E-state index contributed by atoms with van der Waals surface area (Å²) in [5.74, 6) is 0.844. The second kappa shape index (κ2) is 7.33. The van der Waals surface area contributed by atoms with Crippen LogP contribution in [0, 0.1) is 0 Å². The summed E-state index contributed by atoms with van der Waals surface area (Å²) in [7, 11) is 0. The number of aromatic nitrogens is 1. The molecule has 0 atom stereocenters. The van der Waals surface area contributed by atoms with Gasteiger partial charge in [0, 0.05) is 31.9 Å². The van der Waals surface area contributed by atoms with E-state index in [4.69, 9.17) is 4.74 Å². The minimum Gasteiger partial charge on any atom is -0.494 e. The average Bonchev–Trinajstić information content (AvgIpc) is 3.12. The molecule has 0 saturated carbocycles. The number of benzene rings is 2. The lowest BCUT2D eigenvalue weighted by atomic mass is 10.2. The van der Waals surface area contributed by atoms with E-state index in [0.29, 0.717) is 24.7 Å². The van der Waals surface area contributed by atoms with E-state index in [9.17, 15) is 4.79 Å². The number of hydrogen-bond acceptors (Lipinski definition) is 5. The van der Waals surface area contributed by atoms with E-state index in [2.05, 4.69) is 22.0 Å². The zero-order valence-electron chi connectivity index (χ0n) is 14.7. The average molecular weight is 367 g/mol. The number of carbonyl (C=O) groups is 1. The van der Waals surface area contributed by atoms with E-state index in [1.54, 1.807) is 0 Å². The van der Waals surface area contributed by atoms with Crippen molar-refractivity contribution in [1.82, 2.24) is 9.88 Å². The van der Waals surface area contributed by atoms with Gasteiger partial charge in [0.1, 0.15) is 5.75 Å². The van der Waals surface area contributed by atoms with E-state index < -0.39 is 0 Å². The molecule has 1 aliphatic heterocycles. The summed E-state index contributed by atoms with van der Waals surface area (Å²) >= 11 is 1.44. The first-order chi connectivity index (χ1) is 12.7. The lowest BCUT2D eigenvalue weighted by Crippen LogP contribution is -2.48. The maximum absolute atomic E-state index is 12.8. The fourth-order valence-electron chi connectivity index (χ4n) is 3.19. The molecule has 0 spiro atoms. The first kappa shape index (κ1) is 16.8. The molecule has 26 heavy (non-hydrogen) atoms. The number of carbonyl (C=O) groups excluding carboxylic acids is 1. The van der Waals surface area contributed by atoms with E-state index in [-0.39, 0.29) is 5.91 Å². The number of piperazine rings is 1. The van der Waals surface area contributed by atoms with Crippen LogP contribution in [-0.4, -0.2) is 48.6 Å². The first-order valence-corrected chi connectivity index (χ1v) is 9.69. The third-order valence-corrected chi connectivity index (χ3v) is 5.55. The Labute approximate surface area is 156 Å². The predicted octanol–water partition coefficient (Wildman–Crippen LogP) is 3.66. The molecule has 1 amide bonds. The maximum Gasteiger partial charge on any atom is 0.282 e. The number of thiazole rings is 1. The maximum atomic E-state index is 12.8. The van der Waals surface area contributed by atoms with Gasteiger partial charge >= 0.3 is 0 Å². The lowest BCUT2D eigenvalue weighted by molar-refractivity contribution is 0.0746. The van der Waals surface area contributed by atoms with Crippen molar-refractivity contribution in [2.24, 2.45) is 0 Å². The molecule has 0 bridgehead atoms. The van der Waals surface area contributed by atoms with Crippen LogP contribution in [-0.2, 0) is 0 Å². The standard InChI is InChI=1S/C20H21N3O2S/c1-2-25-16-8-9-17-18(14-16)26-19(21-17)20(24)23-12-10-22(11-13-23)15-6-4-3-5-7-15/h3-9,14H,2,10-13H2,1H3. The fraction of sp³-hybridized carbons (Fsp3) is 0.300. The molecule has 134 valence electrons. The van der Waals surface area contributed by atoms with Gasteiger partial charge < -0.3 is 14.5 Å². The second-order valence-electron chi connectivity index (χ2n) is 6.20. The summed E-state index contributed by atoms with van der Waals surface area (Å²) in [4.78, 5) is 21.6. The molecular formula is C20H21N3O2S. The highest BCUT2D eigenvalue weighted by atomic mass is 32.1. The third kappa shape index (κ3) is 3.37. The molecule has 4 rings (SSSR count). The first-order valence-electron chi connectivity index (χ1n) is 8.87. The molecule has 1 fully saturated rings. The predicted molar refractivity (Wildman–Crippen MR) is 105 cm³/mol. The van der Waals surface area contributed by atoms with Crippen molar-refractivity contribution in [3.05, 3.63) is 53.5 Å². The van der Waals surface area contributed by atoms with Gasteiger partial charge in [0.15, 0.2) is 5.01 Å². The van der Waals surface area contributed by atoms with Crippen molar-refractivity contribution in [2.75, 3.05) is 37.7 Å². The summed E-state index contributed by atoms with van der Waals surface area (Å²) in [6.07, 6.45) is 0. The third-order valence-electron chi connectivity index (χ3n) is 4.54. The van der Waals surface area contributed by atoms with Gasteiger partial charge in [-0.15, -0.1) is 11.3 Å². The quantitative estimate of drug-likeness (QED) is 0.706. The van der Waals surface area contributed by atoms with E-state index in [1.165, 1.54) is 17.0 Å². The molecule has 6 heteroatoms. The minimum absolute atomic E-state index is 0.0249. The van der Waals surface area contributed by atoms with Crippen LogP contribution in [0.5, 0.6) is 5.75 Å². The molecule has 0 radical (unpaired) electrons. The number of rotatable bonds is 4. The number of ether oxygens (including phenoxy) is 1. The van der Waals surface area contributed by atoms with Crippen molar-refractivity contribution >= 4 is 33.1 Å². The van der Waals surface area contributed by atoms with Crippen molar-refractivity contribution in [2.45, 2.75) is 6.92 Å². The van der Waals surface area contributed by atoms with Crippen molar-refractivity contribution < 1.29 is 9.53 Å². The highest BCUT2D eigenvalue weighted by molar-refractivity contribution is 7.20. The van der Waals surface area contributed by atoms with Crippen LogP contribution in [0.4, 0.5) is 5.69 Å². The Morgan fingerprint density at radius 1 is 1.12 bits per heavy atom. The molecule has 2 aromatic carbocycles. The smallest absolute Gasteiger partial charge is 0.282 e. The normalized spacial score (nSPS) is 14.7. The zero-order chi connectivity index (χ0) is 17.9. The van der Waals surface area contributed by atoms with E-state index in [0.717, 1.165) is 29.1 Å². The van der Waals surface area contributed by atoms with Crippen molar-refractivity contribution in [3.8, 4) is 5.75 Å². The van der Waals surface area contributed by atoms with Gasteiger partial charge in [-0.25, -0.2) is 4.98 Å². The van der Waals surface area contributed by atoms with Crippen molar-refractivity contribution in [1.29, 1.82) is 0 Å². The van der Waals surface area contributed by atoms with Gasteiger partial charge in [-0.2, -0.15) is 0 Å². The molecule has 3 aromatic rings. The van der Waals surface area contributed by atoms with Gasteiger partial charge in [0.2, 0.25) is 0 Å². The number of fused-ring (bicyclic) bond motifs is 1. The van der Waals surface area contributed by atoms with Crippen LogP contribution < -0.4 is 9.64 Å². The molecule has 1 aromatic heterocycles. The van der Waals surface area contributed by atoms with Crippen LogP contribution >= 0.6 is 11.3 Å². The zero-order valence-corrected chi connectivity index (χ0v) is 15.5. The number of hydrogen-bond donors (Lipinski definition) is 0. The summed E-state index contributed by atoms with van der Waals surface area (Å²) in [6, 6.07) is 16.1. The number of para-hydroxylation sites is 1. The Morgan fingerprint density at radius 2 is 1.88 bits per heavy atom. The summed E-state index contributed by atoms with van der Waals surface area (Å²) in [5.41, 5.74) is 2.06. The molecule has 0 N–H and O–H groups in total. The lowest BCUT2D eigenvalue weighted by Gasteiger charge is -2.35. The molecule has 0 aliphatic carbocycles. The van der Waals surface area contributed by atoms with Gasteiger partial charge in [-0.1, -0.05) is 18.2 Å². The second-order valence-corrected chi connectivity index (χ2v) is 7.23.